The van der Waals surface area contributed by atoms with E-state index in [0.29, 0.717) is 21.6 Å². The van der Waals surface area contributed by atoms with Crippen LogP contribution in [-0.2, 0) is 0 Å². The van der Waals surface area contributed by atoms with Gasteiger partial charge in [0.2, 0.25) is 5.43 Å². The van der Waals surface area contributed by atoms with Gasteiger partial charge in [-0.25, -0.2) is 0 Å². The molecule has 0 aliphatic carbocycles. The summed E-state index contributed by atoms with van der Waals surface area (Å²) in [5.41, 5.74) is 2.56. The molecule has 0 radical (unpaired) electrons. The predicted molar refractivity (Wildman–Crippen MR) is 86.6 cm³/mol. The van der Waals surface area contributed by atoms with E-state index in [2.05, 4.69) is 18.2 Å². The van der Waals surface area contributed by atoms with Crippen molar-refractivity contribution >= 4 is 28.8 Å². The third kappa shape index (κ3) is 2.10. The number of para-hydroxylation sites is 1. The predicted octanol–water partition coefficient (Wildman–Crippen LogP) is 4.65. The van der Waals surface area contributed by atoms with Crippen molar-refractivity contribution in [3.63, 3.8) is 0 Å². The lowest BCUT2D eigenvalue weighted by Gasteiger charge is -2.18. The molecule has 3 heteroatoms. The lowest BCUT2D eigenvalue weighted by atomic mass is 10.1. The molecule has 1 atom stereocenters. The summed E-state index contributed by atoms with van der Waals surface area (Å²) in [5.74, 6) is 0. The number of fused-ring (bicyclic) bond motifs is 2. The van der Waals surface area contributed by atoms with Crippen molar-refractivity contribution in [3.05, 3.63) is 82.0 Å². The first-order valence-corrected chi connectivity index (χ1v) is 7.66. The van der Waals surface area contributed by atoms with Crippen LogP contribution in [0, 0.1) is 0 Å². The number of benzene rings is 2. The summed E-state index contributed by atoms with van der Waals surface area (Å²) < 4.78 is 5.93. The molecule has 1 unspecified atom stereocenters. The van der Waals surface area contributed by atoms with Gasteiger partial charge in [0.15, 0.2) is 5.09 Å². The van der Waals surface area contributed by atoms with Crippen LogP contribution in [0.1, 0.15) is 16.4 Å². The van der Waals surface area contributed by atoms with E-state index in [9.17, 15) is 4.79 Å². The third-order valence-electron chi connectivity index (χ3n) is 3.60. The second-order valence-corrected chi connectivity index (χ2v) is 6.05. The average molecular weight is 292 g/mol. The maximum Gasteiger partial charge on any atom is 0.201 e. The summed E-state index contributed by atoms with van der Waals surface area (Å²) in [6.45, 7) is 0. The summed E-state index contributed by atoms with van der Waals surface area (Å²) in [6.07, 6.45) is 3.95. The molecule has 0 saturated heterocycles. The minimum atomic E-state index is 0.0436. The molecule has 2 heterocycles. The van der Waals surface area contributed by atoms with E-state index in [4.69, 9.17) is 4.42 Å². The maximum absolute atomic E-state index is 12.5. The molecule has 0 bridgehead atoms. The molecular formula is C18H12O2S. The Morgan fingerprint density at radius 3 is 2.57 bits per heavy atom. The van der Waals surface area contributed by atoms with Gasteiger partial charge in [0.1, 0.15) is 5.58 Å². The van der Waals surface area contributed by atoms with E-state index in [1.54, 1.807) is 11.8 Å². The normalized spacial score (nSPS) is 16.9. The quantitative estimate of drug-likeness (QED) is 0.654. The fourth-order valence-electron chi connectivity index (χ4n) is 2.53. The molecule has 0 saturated carbocycles. The van der Waals surface area contributed by atoms with E-state index in [0.717, 1.165) is 0 Å². The van der Waals surface area contributed by atoms with Gasteiger partial charge in [-0.15, -0.1) is 0 Å². The molecule has 2 aromatic carbocycles. The van der Waals surface area contributed by atoms with Crippen LogP contribution in [0.4, 0.5) is 0 Å². The van der Waals surface area contributed by atoms with Crippen molar-refractivity contribution in [3.8, 4) is 0 Å². The van der Waals surface area contributed by atoms with E-state index in [1.165, 1.54) is 5.56 Å². The van der Waals surface area contributed by atoms with Crippen molar-refractivity contribution in [2.45, 2.75) is 10.3 Å². The van der Waals surface area contributed by atoms with Crippen LogP contribution in [0.3, 0.4) is 0 Å². The Balaban J connectivity index is 1.85. The Labute approximate surface area is 126 Å². The average Bonchev–Trinajstić information content (AvgIpc) is 2.55. The Morgan fingerprint density at radius 2 is 1.71 bits per heavy atom. The van der Waals surface area contributed by atoms with Gasteiger partial charge >= 0.3 is 0 Å². The van der Waals surface area contributed by atoms with Gasteiger partial charge in [-0.05, 0) is 23.8 Å². The molecule has 2 nitrogen and oxygen atoms in total. The fraction of sp³-hybridized carbons (Fsp3) is 0.0556. The number of rotatable bonds is 1. The smallest absolute Gasteiger partial charge is 0.201 e. The Bertz CT molecular complexity index is 894. The Morgan fingerprint density at radius 1 is 0.952 bits per heavy atom. The SMILES string of the molecule is O=c1c2c(oc3ccccc13)SC(c1ccccc1)C=C2. The molecule has 0 amide bonds. The van der Waals surface area contributed by atoms with Gasteiger partial charge < -0.3 is 4.42 Å². The zero-order valence-electron chi connectivity index (χ0n) is 11.2. The Hall–Kier alpha value is -2.26. The molecule has 3 aromatic rings. The maximum atomic E-state index is 12.5. The van der Waals surface area contributed by atoms with Crippen LogP contribution in [0.25, 0.3) is 17.0 Å². The van der Waals surface area contributed by atoms with Crippen LogP contribution in [0.2, 0.25) is 0 Å². The monoisotopic (exact) mass is 292 g/mol. The number of hydrogen-bond acceptors (Lipinski definition) is 3. The zero-order valence-corrected chi connectivity index (χ0v) is 12.0. The highest BCUT2D eigenvalue weighted by Gasteiger charge is 2.21. The van der Waals surface area contributed by atoms with Crippen LogP contribution in [0.5, 0.6) is 0 Å². The summed E-state index contributed by atoms with van der Waals surface area (Å²) in [7, 11) is 0. The van der Waals surface area contributed by atoms with Crippen LogP contribution < -0.4 is 5.43 Å². The summed E-state index contributed by atoms with van der Waals surface area (Å²) in [5, 5.41) is 1.53. The van der Waals surface area contributed by atoms with Gasteiger partial charge in [0, 0.05) is 0 Å². The molecule has 21 heavy (non-hydrogen) atoms. The largest absolute Gasteiger partial charge is 0.449 e. The first kappa shape index (κ1) is 12.5. The molecule has 4 rings (SSSR count). The van der Waals surface area contributed by atoms with Gasteiger partial charge in [-0.1, -0.05) is 60.3 Å². The van der Waals surface area contributed by atoms with Crippen LogP contribution in [0.15, 0.2) is 75.0 Å². The van der Waals surface area contributed by atoms with Gasteiger partial charge in [0.05, 0.1) is 16.2 Å². The van der Waals surface area contributed by atoms with E-state index in [1.807, 2.05) is 48.5 Å². The second-order valence-electron chi connectivity index (χ2n) is 4.94. The van der Waals surface area contributed by atoms with E-state index in [-0.39, 0.29) is 10.7 Å². The standard InChI is InChI=1S/C18H12O2S/c19-17-13-8-4-5-9-15(13)20-18-14(17)10-11-16(21-18)12-6-2-1-3-7-12/h1-11,16H. The van der Waals surface area contributed by atoms with Crippen molar-refractivity contribution in [1.82, 2.24) is 0 Å². The fourth-order valence-corrected chi connectivity index (χ4v) is 3.63. The van der Waals surface area contributed by atoms with E-state index < -0.39 is 0 Å². The van der Waals surface area contributed by atoms with E-state index >= 15 is 0 Å². The molecule has 0 fully saturated rings. The molecule has 0 spiro atoms. The molecule has 0 N–H and O–H groups in total. The highest BCUT2D eigenvalue weighted by molar-refractivity contribution is 7.99. The van der Waals surface area contributed by atoms with Crippen molar-refractivity contribution in [2.24, 2.45) is 0 Å². The summed E-state index contributed by atoms with van der Waals surface area (Å²) >= 11 is 1.59. The van der Waals surface area contributed by atoms with Gasteiger partial charge in [-0.3, -0.25) is 4.79 Å². The van der Waals surface area contributed by atoms with Gasteiger partial charge in [0.25, 0.3) is 0 Å². The lowest BCUT2D eigenvalue weighted by molar-refractivity contribution is 0.496. The second kappa shape index (κ2) is 4.93. The van der Waals surface area contributed by atoms with Crippen molar-refractivity contribution in [1.29, 1.82) is 0 Å². The first-order valence-electron chi connectivity index (χ1n) is 6.78. The van der Waals surface area contributed by atoms with Crippen molar-refractivity contribution in [2.75, 3.05) is 0 Å². The van der Waals surface area contributed by atoms with Crippen molar-refractivity contribution < 1.29 is 4.42 Å². The molecule has 1 aliphatic rings. The minimum Gasteiger partial charge on any atom is -0.449 e. The van der Waals surface area contributed by atoms with Gasteiger partial charge in [-0.2, -0.15) is 0 Å². The first-order chi connectivity index (χ1) is 10.3. The minimum absolute atomic E-state index is 0.0436. The summed E-state index contributed by atoms with van der Waals surface area (Å²) in [6, 6.07) is 17.6. The molecule has 1 aliphatic heterocycles. The number of thioether (sulfide) groups is 1. The molecular weight excluding hydrogens is 280 g/mol. The van der Waals surface area contributed by atoms with Crippen LogP contribution >= 0.6 is 11.8 Å². The zero-order chi connectivity index (χ0) is 14.2. The molecule has 102 valence electrons. The Kier molecular flexibility index (Phi) is 2.93. The third-order valence-corrected chi connectivity index (χ3v) is 4.80. The summed E-state index contributed by atoms with van der Waals surface area (Å²) in [4.78, 5) is 12.5. The highest BCUT2D eigenvalue weighted by Crippen LogP contribution is 2.42. The topological polar surface area (TPSA) is 30.2 Å². The number of hydrogen-bond donors (Lipinski definition) is 0. The van der Waals surface area contributed by atoms with Crippen LogP contribution in [-0.4, -0.2) is 0 Å². The lowest BCUT2D eigenvalue weighted by Crippen LogP contribution is -2.09. The highest BCUT2D eigenvalue weighted by atomic mass is 32.2. The molecule has 1 aromatic heterocycles.